The molecule has 0 spiro atoms. The molecule has 8 nitrogen and oxygen atoms in total. The number of hydrogen-bond acceptors (Lipinski definition) is 6. The third-order valence-electron chi connectivity index (χ3n) is 8.64. The second-order valence-electron chi connectivity index (χ2n) is 14.8. The fourth-order valence-electron chi connectivity index (χ4n) is 6.40. The van der Waals surface area contributed by atoms with Crippen LogP contribution in [-0.4, -0.2) is 48.4 Å². The minimum Gasteiger partial charge on any atom is -0.444 e. The van der Waals surface area contributed by atoms with Crippen molar-refractivity contribution in [1.29, 1.82) is 0 Å². The Bertz CT molecular complexity index is 2270. The molecule has 0 unspecified atom stereocenters. The lowest BCUT2D eigenvalue weighted by Crippen LogP contribution is -2.67. The normalized spacial score (nSPS) is 13.2. The number of nitrogens with one attached hydrogen (secondary N) is 3. The number of benzene rings is 4. The van der Waals surface area contributed by atoms with Crippen molar-refractivity contribution in [2.75, 3.05) is 12.4 Å². The fourth-order valence-corrected chi connectivity index (χ4v) is 12.4. The van der Waals surface area contributed by atoms with Crippen molar-refractivity contribution in [3.05, 3.63) is 122 Å². The first-order valence-corrected chi connectivity index (χ1v) is 20.3. The van der Waals surface area contributed by atoms with Gasteiger partial charge in [0, 0.05) is 27.8 Å². The number of halogens is 6. The number of rotatable bonds is 10. The van der Waals surface area contributed by atoms with Crippen LogP contribution < -0.4 is 26.9 Å². The van der Waals surface area contributed by atoms with Crippen LogP contribution >= 0.6 is 23.4 Å². The van der Waals surface area contributed by atoms with E-state index in [0.717, 1.165) is 10.4 Å². The molecule has 0 radical (unpaired) electrons. The summed E-state index contributed by atoms with van der Waals surface area (Å²) in [6.45, 7) is 10.9. The van der Waals surface area contributed by atoms with E-state index in [2.05, 4.69) is 10.3 Å². The second kappa shape index (κ2) is 16.0. The largest absolute Gasteiger partial charge is 0.444 e. The van der Waals surface area contributed by atoms with Crippen molar-refractivity contribution in [2.24, 2.45) is 0 Å². The van der Waals surface area contributed by atoms with Crippen molar-refractivity contribution in [3.63, 3.8) is 0 Å². The number of alkyl carbamates (subject to hydrolysis) is 1. The molecule has 0 aliphatic carbocycles. The molecule has 1 atom stereocenters. The Morgan fingerprint density at radius 3 is 1.98 bits per heavy atom. The number of fused-ring (bicyclic) bond motifs is 1. The van der Waals surface area contributed by atoms with Crippen LogP contribution in [-0.2, 0) is 15.3 Å². The van der Waals surface area contributed by atoms with E-state index in [9.17, 15) is 31.9 Å². The van der Waals surface area contributed by atoms with Gasteiger partial charge >= 0.3 is 18.0 Å². The Morgan fingerprint density at radius 1 is 0.873 bits per heavy atom. The molecule has 1 aromatic heterocycles. The molecule has 0 fully saturated rings. The van der Waals surface area contributed by atoms with E-state index in [1.165, 1.54) is 0 Å². The van der Waals surface area contributed by atoms with Crippen LogP contribution in [0.15, 0.2) is 93.3 Å². The molecule has 3 N–H and O–H groups in total. The zero-order valence-corrected chi connectivity index (χ0v) is 33.3. The van der Waals surface area contributed by atoms with Gasteiger partial charge in [-0.25, -0.2) is 18.4 Å². The topological polar surface area (TPSA) is 113 Å². The average molecular weight is 820 g/mol. The Labute approximate surface area is 323 Å². The lowest BCUT2D eigenvalue weighted by molar-refractivity contribution is -0.137. The van der Waals surface area contributed by atoms with E-state index >= 15 is 4.39 Å². The van der Waals surface area contributed by atoms with Crippen LogP contribution in [0.3, 0.4) is 0 Å². The first-order chi connectivity index (χ1) is 25.6. The monoisotopic (exact) mass is 819 g/mol. The van der Waals surface area contributed by atoms with E-state index in [1.54, 1.807) is 20.8 Å². The van der Waals surface area contributed by atoms with Gasteiger partial charge < -0.3 is 19.5 Å². The third kappa shape index (κ3) is 9.17. The molecule has 0 aliphatic rings. The molecule has 0 aliphatic heterocycles. The molecule has 0 bridgehead atoms. The van der Waals surface area contributed by atoms with Crippen molar-refractivity contribution in [1.82, 2.24) is 15.3 Å². The van der Waals surface area contributed by atoms with Gasteiger partial charge in [0.2, 0.25) is 0 Å². The Morgan fingerprint density at radius 2 is 1.45 bits per heavy atom. The standard InChI is InChI=1S/C39H39ClF5N3O5SSi/c1-37(2,3)53-36(51)46-22(20-52-55(38(4,5)6,23-13-9-7-10-14-23)24-15-11-8-12-16-24)21-54-33-31(25-18-28(40)30(42)19-29(25)41)27(39(43,44)45)17-26-32(33)47-35(50)48-34(26)49/h7-19,22H,20-21H2,1-6H3,(H,46,51)(H2,47,48,49,50)/t22-/m0/s1. The molecule has 5 rings (SSSR count). The molecule has 4 aromatic carbocycles. The van der Waals surface area contributed by atoms with E-state index < -0.39 is 87.3 Å². The van der Waals surface area contributed by atoms with Crippen LogP contribution in [0.1, 0.15) is 47.1 Å². The zero-order chi connectivity index (χ0) is 40.5. The summed E-state index contributed by atoms with van der Waals surface area (Å²) in [6, 6.07) is 19.7. The number of alkyl halides is 3. The summed E-state index contributed by atoms with van der Waals surface area (Å²) in [5.41, 5.74) is -6.41. The van der Waals surface area contributed by atoms with E-state index in [0.29, 0.717) is 30.0 Å². The summed E-state index contributed by atoms with van der Waals surface area (Å²) in [4.78, 5) is 42.8. The highest BCUT2D eigenvalue weighted by Crippen LogP contribution is 2.47. The summed E-state index contributed by atoms with van der Waals surface area (Å²) >= 11 is 6.66. The lowest BCUT2D eigenvalue weighted by atomic mass is 9.96. The summed E-state index contributed by atoms with van der Waals surface area (Å²) in [5.74, 6) is -2.83. The maximum Gasteiger partial charge on any atom is 0.417 e. The number of aromatic amines is 2. The smallest absolute Gasteiger partial charge is 0.417 e. The van der Waals surface area contributed by atoms with Gasteiger partial charge in [0.05, 0.1) is 34.1 Å². The molecule has 0 saturated carbocycles. The molecule has 5 aromatic rings. The summed E-state index contributed by atoms with van der Waals surface area (Å²) in [5, 5.41) is 2.91. The van der Waals surface area contributed by atoms with Crippen LogP contribution in [0.2, 0.25) is 10.1 Å². The van der Waals surface area contributed by atoms with Crippen LogP contribution in [0.4, 0.5) is 26.7 Å². The van der Waals surface area contributed by atoms with Crippen molar-refractivity contribution in [3.8, 4) is 11.1 Å². The van der Waals surface area contributed by atoms with E-state index in [4.69, 9.17) is 20.8 Å². The van der Waals surface area contributed by atoms with Gasteiger partial charge in [0.1, 0.15) is 17.2 Å². The fraction of sp³-hybridized carbons (Fsp3) is 0.308. The summed E-state index contributed by atoms with van der Waals surface area (Å²) in [6.07, 6.45) is -6.02. The van der Waals surface area contributed by atoms with Gasteiger partial charge in [-0.2, -0.15) is 13.2 Å². The van der Waals surface area contributed by atoms with Crippen LogP contribution in [0, 0.1) is 11.6 Å². The zero-order valence-electron chi connectivity index (χ0n) is 30.7. The van der Waals surface area contributed by atoms with Gasteiger partial charge in [-0.15, -0.1) is 11.8 Å². The van der Waals surface area contributed by atoms with Crippen molar-refractivity contribution < 1.29 is 35.9 Å². The minimum absolute atomic E-state index is 0.181. The molecular weight excluding hydrogens is 781 g/mol. The number of ether oxygens (including phenoxy) is 1. The quantitative estimate of drug-likeness (QED) is 0.0565. The minimum atomic E-state index is -5.17. The predicted octanol–water partition coefficient (Wildman–Crippen LogP) is 8.40. The number of amides is 1. The molecule has 0 saturated heterocycles. The number of carbonyl (C=O) groups excluding carboxylic acids is 1. The number of H-pyrrole nitrogens is 2. The van der Waals surface area contributed by atoms with Gasteiger partial charge in [-0.1, -0.05) is 93.0 Å². The predicted molar refractivity (Wildman–Crippen MR) is 208 cm³/mol. The van der Waals surface area contributed by atoms with Crippen LogP contribution in [0.5, 0.6) is 0 Å². The van der Waals surface area contributed by atoms with Crippen LogP contribution in [0.25, 0.3) is 22.0 Å². The lowest BCUT2D eigenvalue weighted by Gasteiger charge is -2.43. The van der Waals surface area contributed by atoms with Crippen molar-refractivity contribution in [2.45, 2.75) is 69.3 Å². The molecule has 1 heterocycles. The average Bonchev–Trinajstić information content (AvgIpc) is 3.07. The first kappa shape index (κ1) is 41.7. The Balaban J connectivity index is 1.70. The van der Waals surface area contributed by atoms with Gasteiger partial charge in [-0.05, 0) is 48.3 Å². The Kier molecular flexibility index (Phi) is 12.1. The molecule has 55 heavy (non-hydrogen) atoms. The van der Waals surface area contributed by atoms with E-state index in [-0.39, 0.29) is 22.8 Å². The third-order valence-corrected chi connectivity index (χ3v) is 15.2. The van der Waals surface area contributed by atoms with E-state index in [1.807, 2.05) is 86.4 Å². The highest BCUT2D eigenvalue weighted by Gasteiger charge is 2.50. The number of thioether (sulfide) groups is 1. The van der Waals surface area contributed by atoms with Crippen molar-refractivity contribution >= 4 is 59.0 Å². The maximum atomic E-state index is 15.5. The Hall–Kier alpha value is -4.44. The van der Waals surface area contributed by atoms with Gasteiger partial charge in [-0.3, -0.25) is 9.78 Å². The number of carbonyl (C=O) groups is 1. The van der Waals surface area contributed by atoms with Gasteiger partial charge in [0.15, 0.2) is 0 Å². The summed E-state index contributed by atoms with van der Waals surface area (Å²) < 4.78 is 87.1. The second-order valence-corrected chi connectivity index (χ2v) is 20.6. The van der Waals surface area contributed by atoms with Gasteiger partial charge in [0.25, 0.3) is 13.9 Å². The number of hydrogen-bond donors (Lipinski definition) is 3. The maximum absolute atomic E-state index is 15.5. The number of aromatic nitrogens is 2. The SMILES string of the molecule is CC(C)(C)OC(=O)N[C@@H](CO[Si](c1ccccc1)(c1ccccc1)C(C)(C)C)CSc1c(-c2cc(Cl)c(F)cc2F)c(C(F)(F)F)cc2c(=O)[nH]c(=O)[nH]c12. The summed E-state index contributed by atoms with van der Waals surface area (Å²) in [7, 11) is -3.24. The highest BCUT2D eigenvalue weighted by atomic mass is 35.5. The molecular formula is C39H39ClF5N3O5SSi. The molecule has 1 amide bonds. The highest BCUT2D eigenvalue weighted by molar-refractivity contribution is 7.99. The first-order valence-electron chi connectivity index (χ1n) is 17.0. The molecule has 292 valence electrons. The molecule has 16 heteroatoms.